The van der Waals surface area contributed by atoms with Crippen LogP contribution in [0.25, 0.3) is 11.0 Å². The summed E-state index contributed by atoms with van der Waals surface area (Å²) in [6.45, 7) is 1.99. The van der Waals surface area contributed by atoms with Gasteiger partial charge in [0.25, 0.3) is 0 Å². The van der Waals surface area contributed by atoms with Crippen molar-refractivity contribution in [2.24, 2.45) is 5.84 Å². The highest BCUT2D eigenvalue weighted by atomic mass is 35.5. The number of hydrazine groups is 1. The number of pyridine rings is 1. The van der Waals surface area contributed by atoms with E-state index in [2.05, 4.69) is 10.4 Å². The summed E-state index contributed by atoms with van der Waals surface area (Å²) in [5, 5.41) is 1.55. The minimum atomic E-state index is -0.235. The molecule has 3 aromatic rings. The van der Waals surface area contributed by atoms with Crippen LogP contribution in [0.1, 0.15) is 22.9 Å². The molecule has 0 bridgehead atoms. The molecule has 0 spiro atoms. The number of hydrogen-bond acceptors (Lipinski definition) is 4. The SMILES string of the molecule is Cc1cnccc1C(NN)c1cc2cccc(Cl)c2o1. The maximum Gasteiger partial charge on any atom is 0.152 e. The molecule has 1 unspecified atom stereocenters. The van der Waals surface area contributed by atoms with Gasteiger partial charge in [-0.3, -0.25) is 10.8 Å². The van der Waals surface area contributed by atoms with Crippen molar-refractivity contribution < 1.29 is 4.42 Å². The molecule has 2 heterocycles. The second kappa shape index (κ2) is 5.25. The van der Waals surface area contributed by atoms with Crippen molar-refractivity contribution in [1.29, 1.82) is 0 Å². The van der Waals surface area contributed by atoms with Gasteiger partial charge in [0.2, 0.25) is 0 Å². The van der Waals surface area contributed by atoms with Gasteiger partial charge in [-0.1, -0.05) is 23.7 Å². The van der Waals surface area contributed by atoms with Crippen molar-refractivity contribution in [3.05, 3.63) is 64.6 Å². The number of aromatic nitrogens is 1. The molecule has 20 heavy (non-hydrogen) atoms. The molecule has 0 radical (unpaired) electrons. The van der Waals surface area contributed by atoms with Crippen LogP contribution in [0.5, 0.6) is 0 Å². The van der Waals surface area contributed by atoms with Gasteiger partial charge in [-0.25, -0.2) is 5.43 Å². The van der Waals surface area contributed by atoms with Crippen molar-refractivity contribution in [2.45, 2.75) is 13.0 Å². The van der Waals surface area contributed by atoms with E-state index in [9.17, 15) is 0 Å². The van der Waals surface area contributed by atoms with Gasteiger partial charge in [0.15, 0.2) is 5.58 Å². The Morgan fingerprint density at radius 1 is 1.35 bits per heavy atom. The quantitative estimate of drug-likeness (QED) is 0.573. The molecule has 0 aliphatic carbocycles. The number of furan rings is 1. The van der Waals surface area contributed by atoms with Crippen LogP contribution in [0.2, 0.25) is 5.02 Å². The first-order valence-corrected chi connectivity index (χ1v) is 6.63. The van der Waals surface area contributed by atoms with Gasteiger partial charge in [-0.05, 0) is 36.2 Å². The highest BCUT2D eigenvalue weighted by Crippen LogP contribution is 2.32. The minimum absolute atomic E-state index is 0.235. The number of benzene rings is 1. The van der Waals surface area contributed by atoms with E-state index in [1.807, 2.05) is 31.2 Å². The Morgan fingerprint density at radius 3 is 2.90 bits per heavy atom. The van der Waals surface area contributed by atoms with E-state index in [1.165, 1.54) is 0 Å². The highest BCUT2D eigenvalue weighted by molar-refractivity contribution is 6.34. The van der Waals surface area contributed by atoms with Crippen LogP contribution < -0.4 is 11.3 Å². The van der Waals surface area contributed by atoms with Gasteiger partial charge < -0.3 is 4.42 Å². The third kappa shape index (κ3) is 2.18. The summed E-state index contributed by atoms with van der Waals surface area (Å²) in [6, 6.07) is 9.30. The third-order valence-electron chi connectivity index (χ3n) is 3.34. The molecule has 0 aliphatic rings. The fourth-order valence-electron chi connectivity index (χ4n) is 2.32. The summed E-state index contributed by atoms with van der Waals surface area (Å²) in [4.78, 5) is 4.09. The number of halogens is 1. The first-order chi connectivity index (χ1) is 9.70. The van der Waals surface area contributed by atoms with Gasteiger partial charge in [0.05, 0.1) is 5.02 Å². The Morgan fingerprint density at radius 2 is 2.20 bits per heavy atom. The Bertz CT molecular complexity index is 754. The van der Waals surface area contributed by atoms with Crippen LogP contribution in [0, 0.1) is 6.92 Å². The van der Waals surface area contributed by atoms with E-state index in [0.29, 0.717) is 10.6 Å². The second-order valence-corrected chi connectivity index (χ2v) is 5.05. The number of rotatable bonds is 3. The van der Waals surface area contributed by atoms with Gasteiger partial charge in [-0.2, -0.15) is 0 Å². The van der Waals surface area contributed by atoms with E-state index in [0.717, 1.165) is 22.3 Å². The fraction of sp³-hybridized carbons (Fsp3) is 0.133. The summed E-state index contributed by atoms with van der Waals surface area (Å²) in [7, 11) is 0. The van der Waals surface area contributed by atoms with E-state index >= 15 is 0 Å². The third-order valence-corrected chi connectivity index (χ3v) is 3.64. The Labute approximate surface area is 121 Å². The lowest BCUT2D eigenvalue weighted by Gasteiger charge is -2.15. The lowest BCUT2D eigenvalue weighted by atomic mass is 10.0. The van der Waals surface area contributed by atoms with Crippen LogP contribution in [0.3, 0.4) is 0 Å². The summed E-state index contributed by atoms with van der Waals surface area (Å²) < 4.78 is 5.87. The van der Waals surface area contributed by atoms with Crippen molar-refractivity contribution in [3.63, 3.8) is 0 Å². The normalized spacial score (nSPS) is 12.8. The number of aryl methyl sites for hydroxylation is 1. The van der Waals surface area contributed by atoms with E-state index in [1.54, 1.807) is 18.5 Å². The summed E-state index contributed by atoms with van der Waals surface area (Å²) in [5.41, 5.74) is 5.54. The molecule has 2 aromatic heterocycles. The van der Waals surface area contributed by atoms with Gasteiger partial charge in [-0.15, -0.1) is 0 Å². The monoisotopic (exact) mass is 287 g/mol. The predicted molar refractivity (Wildman–Crippen MR) is 79.4 cm³/mol. The lowest BCUT2D eigenvalue weighted by Crippen LogP contribution is -2.29. The number of para-hydroxylation sites is 1. The van der Waals surface area contributed by atoms with Crippen molar-refractivity contribution in [3.8, 4) is 0 Å². The van der Waals surface area contributed by atoms with Crippen molar-refractivity contribution in [1.82, 2.24) is 10.4 Å². The smallest absolute Gasteiger partial charge is 0.152 e. The van der Waals surface area contributed by atoms with Gasteiger partial charge in [0.1, 0.15) is 11.8 Å². The second-order valence-electron chi connectivity index (χ2n) is 4.64. The molecule has 4 nitrogen and oxygen atoms in total. The molecular weight excluding hydrogens is 274 g/mol. The Balaban J connectivity index is 2.12. The summed E-state index contributed by atoms with van der Waals surface area (Å²) >= 11 is 6.14. The van der Waals surface area contributed by atoms with Crippen molar-refractivity contribution in [2.75, 3.05) is 0 Å². The largest absolute Gasteiger partial charge is 0.457 e. The number of fused-ring (bicyclic) bond motifs is 1. The summed E-state index contributed by atoms with van der Waals surface area (Å²) in [5.74, 6) is 6.43. The van der Waals surface area contributed by atoms with Crippen LogP contribution in [-0.2, 0) is 0 Å². The molecule has 5 heteroatoms. The molecule has 1 atom stereocenters. The Kier molecular flexibility index (Phi) is 3.44. The minimum Gasteiger partial charge on any atom is -0.457 e. The molecule has 0 aliphatic heterocycles. The molecule has 0 saturated carbocycles. The Hall–Kier alpha value is -1.88. The average molecular weight is 288 g/mol. The molecule has 0 amide bonds. The summed E-state index contributed by atoms with van der Waals surface area (Å²) in [6.07, 6.45) is 3.54. The van der Waals surface area contributed by atoms with Crippen LogP contribution in [-0.4, -0.2) is 4.98 Å². The molecule has 0 fully saturated rings. The number of nitrogens with one attached hydrogen (secondary N) is 1. The molecule has 1 aromatic carbocycles. The van der Waals surface area contributed by atoms with Gasteiger partial charge >= 0.3 is 0 Å². The van der Waals surface area contributed by atoms with Crippen molar-refractivity contribution >= 4 is 22.6 Å². The molecule has 3 rings (SSSR count). The zero-order valence-corrected chi connectivity index (χ0v) is 11.7. The number of nitrogens with two attached hydrogens (primary N) is 1. The van der Waals surface area contributed by atoms with E-state index < -0.39 is 0 Å². The molecule has 102 valence electrons. The number of hydrogen-bond donors (Lipinski definition) is 2. The molecular formula is C15H14ClN3O. The zero-order chi connectivity index (χ0) is 14.1. The fourth-order valence-corrected chi connectivity index (χ4v) is 2.54. The topological polar surface area (TPSA) is 64.1 Å². The number of nitrogens with zero attached hydrogens (tertiary/aromatic N) is 1. The predicted octanol–water partition coefficient (Wildman–Crippen LogP) is 3.34. The van der Waals surface area contributed by atoms with E-state index in [4.69, 9.17) is 21.9 Å². The van der Waals surface area contributed by atoms with Gasteiger partial charge in [0, 0.05) is 17.8 Å². The lowest BCUT2D eigenvalue weighted by molar-refractivity contribution is 0.476. The first-order valence-electron chi connectivity index (χ1n) is 6.25. The van der Waals surface area contributed by atoms with Crippen LogP contribution in [0.4, 0.5) is 0 Å². The average Bonchev–Trinajstić information content (AvgIpc) is 2.87. The van der Waals surface area contributed by atoms with Crippen LogP contribution in [0.15, 0.2) is 47.1 Å². The molecule has 0 saturated heterocycles. The van der Waals surface area contributed by atoms with E-state index in [-0.39, 0.29) is 6.04 Å². The highest BCUT2D eigenvalue weighted by Gasteiger charge is 2.19. The standard InChI is InChI=1S/C15H14ClN3O/c1-9-8-18-6-5-11(9)14(19-17)13-7-10-3-2-4-12(16)15(10)20-13/h2-8,14,19H,17H2,1H3. The maximum absolute atomic E-state index is 6.14. The zero-order valence-electron chi connectivity index (χ0n) is 10.9. The maximum atomic E-state index is 6.14. The van der Waals surface area contributed by atoms with Crippen LogP contribution >= 0.6 is 11.6 Å². The molecule has 3 N–H and O–H groups in total. The first kappa shape index (κ1) is 13.1.